The first kappa shape index (κ1) is 12.9. The van der Waals surface area contributed by atoms with Crippen LogP contribution in [-0.4, -0.2) is 23.1 Å². The fraction of sp³-hybridized carbons (Fsp3) is 0.500. The smallest absolute Gasteiger partial charge is 0.244 e. The Bertz CT molecular complexity index is 477. The second-order valence-electron chi connectivity index (χ2n) is 5.29. The summed E-state index contributed by atoms with van der Waals surface area (Å²) in [6.45, 7) is 6.53. The third-order valence-corrected chi connectivity index (χ3v) is 3.56. The summed E-state index contributed by atoms with van der Waals surface area (Å²) in [7, 11) is 0. The maximum atomic E-state index is 12.2. The van der Waals surface area contributed by atoms with E-state index in [0.29, 0.717) is 5.69 Å². The van der Waals surface area contributed by atoms with E-state index in [9.17, 15) is 9.90 Å². The van der Waals surface area contributed by atoms with Crippen LogP contribution in [0.5, 0.6) is 5.75 Å². The molecule has 1 saturated heterocycles. The molecule has 0 bridgehead atoms. The zero-order valence-electron chi connectivity index (χ0n) is 11.1. The molecule has 98 valence electrons. The Labute approximate surface area is 107 Å². The summed E-state index contributed by atoms with van der Waals surface area (Å²) >= 11 is 0. The lowest BCUT2D eigenvalue weighted by molar-refractivity contribution is -0.121. The van der Waals surface area contributed by atoms with Gasteiger partial charge in [0, 0.05) is 0 Å². The van der Waals surface area contributed by atoms with Crippen molar-refractivity contribution in [2.45, 2.75) is 39.2 Å². The van der Waals surface area contributed by atoms with Crippen LogP contribution in [0.1, 0.15) is 30.9 Å². The topological polar surface area (TPSA) is 61.4 Å². The Morgan fingerprint density at radius 2 is 2.17 bits per heavy atom. The van der Waals surface area contributed by atoms with Crippen molar-refractivity contribution in [2.24, 2.45) is 0 Å². The highest BCUT2D eigenvalue weighted by atomic mass is 16.3. The van der Waals surface area contributed by atoms with E-state index >= 15 is 0 Å². The van der Waals surface area contributed by atoms with Crippen LogP contribution in [0.15, 0.2) is 12.1 Å². The van der Waals surface area contributed by atoms with Gasteiger partial charge in [0.05, 0.1) is 11.2 Å². The molecular weight excluding hydrogens is 228 g/mol. The first-order chi connectivity index (χ1) is 8.42. The third kappa shape index (κ3) is 2.34. The number of anilines is 1. The van der Waals surface area contributed by atoms with Gasteiger partial charge in [0.2, 0.25) is 5.91 Å². The van der Waals surface area contributed by atoms with Crippen molar-refractivity contribution >= 4 is 11.6 Å². The van der Waals surface area contributed by atoms with Gasteiger partial charge in [-0.3, -0.25) is 4.79 Å². The first-order valence-electron chi connectivity index (χ1n) is 6.29. The van der Waals surface area contributed by atoms with Gasteiger partial charge in [-0.15, -0.1) is 0 Å². The highest BCUT2D eigenvalue weighted by molar-refractivity contribution is 5.99. The third-order valence-electron chi connectivity index (χ3n) is 3.56. The van der Waals surface area contributed by atoms with Gasteiger partial charge in [0.25, 0.3) is 0 Å². The van der Waals surface area contributed by atoms with Gasteiger partial charge in [-0.2, -0.15) is 0 Å². The second kappa shape index (κ2) is 4.61. The van der Waals surface area contributed by atoms with Gasteiger partial charge < -0.3 is 15.7 Å². The van der Waals surface area contributed by atoms with Gasteiger partial charge in [-0.05, 0) is 57.4 Å². The number of phenolic OH excluding ortho intramolecular Hbond substituents is 1. The quantitative estimate of drug-likeness (QED) is 0.702. The molecule has 1 fully saturated rings. The molecule has 0 saturated carbocycles. The van der Waals surface area contributed by atoms with E-state index in [1.165, 1.54) is 0 Å². The Morgan fingerprint density at radius 3 is 2.78 bits per heavy atom. The molecule has 1 aromatic rings. The van der Waals surface area contributed by atoms with Crippen LogP contribution in [0.4, 0.5) is 5.69 Å². The molecule has 4 heteroatoms. The molecule has 1 aromatic carbocycles. The van der Waals surface area contributed by atoms with Crippen molar-refractivity contribution in [1.29, 1.82) is 0 Å². The summed E-state index contributed by atoms with van der Waals surface area (Å²) in [4.78, 5) is 12.2. The van der Waals surface area contributed by atoms with Crippen molar-refractivity contribution in [3.05, 3.63) is 23.3 Å². The van der Waals surface area contributed by atoms with Crippen molar-refractivity contribution in [3.8, 4) is 5.75 Å². The summed E-state index contributed by atoms with van der Waals surface area (Å²) < 4.78 is 0. The number of phenols is 1. The Morgan fingerprint density at radius 1 is 1.44 bits per heavy atom. The maximum absolute atomic E-state index is 12.2. The zero-order chi connectivity index (χ0) is 13.3. The van der Waals surface area contributed by atoms with E-state index in [0.717, 1.165) is 30.5 Å². The van der Waals surface area contributed by atoms with Gasteiger partial charge in [-0.25, -0.2) is 0 Å². The molecule has 1 amide bonds. The predicted molar refractivity (Wildman–Crippen MR) is 71.9 cm³/mol. The zero-order valence-corrected chi connectivity index (χ0v) is 11.1. The van der Waals surface area contributed by atoms with Gasteiger partial charge in [0.1, 0.15) is 5.75 Å². The molecule has 0 aliphatic carbocycles. The number of aromatic hydroxyl groups is 1. The Balaban J connectivity index is 2.21. The molecule has 0 spiro atoms. The van der Waals surface area contributed by atoms with E-state index < -0.39 is 5.54 Å². The molecule has 18 heavy (non-hydrogen) atoms. The van der Waals surface area contributed by atoms with Gasteiger partial charge in [0.15, 0.2) is 0 Å². The average molecular weight is 248 g/mol. The lowest BCUT2D eigenvalue weighted by atomic mass is 9.99. The number of hydrogen-bond acceptors (Lipinski definition) is 3. The largest absolute Gasteiger partial charge is 0.505 e. The minimum absolute atomic E-state index is 0.0831. The fourth-order valence-corrected chi connectivity index (χ4v) is 2.40. The predicted octanol–water partition coefficient (Wildman–Crippen LogP) is 2.09. The molecule has 0 aromatic heterocycles. The normalized spacial score (nSPS) is 23.1. The molecule has 1 aliphatic rings. The van der Waals surface area contributed by atoms with E-state index in [4.69, 9.17) is 0 Å². The van der Waals surface area contributed by atoms with Crippen LogP contribution in [0, 0.1) is 13.8 Å². The molecule has 2 rings (SSSR count). The van der Waals surface area contributed by atoms with Crippen molar-refractivity contribution in [2.75, 3.05) is 11.9 Å². The van der Waals surface area contributed by atoms with Crippen LogP contribution in [-0.2, 0) is 4.79 Å². The van der Waals surface area contributed by atoms with E-state index in [1.54, 1.807) is 6.07 Å². The van der Waals surface area contributed by atoms with E-state index in [1.807, 2.05) is 26.8 Å². The summed E-state index contributed by atoms with van der Waals surface area (Å²) in [5.41, 5.74) is 1.76. The highest BCUT2D eigenvalue weighted by Crippen LogP contribution is 2.30. The van der Waals surface area contributed by atoms with E-state index in [2.05, 4.69) is 10.6 Å². The summed E-state index contributed by atoms with van der Waals surface area (Å²) in [5.74, 6) is 0.0656. The molecule has 0 radical (unpaired) electrons. The molecule has 1 aliphatic heterocycles. The molecule has 3 N–H and O–H groups in total. The number of carbonyl (C=O) groups is 1. The first-order valence-corrected chi connectivity index (χ1v) is 6.29. The number of amides is 1. The summed E-state index contributed by atoms with van der Waals surface area (Å²) in [5, 5.41) is 16.0. The van der Waals surface area contributed by atoms with Crippen molar-refractivity contribution < 1.29 is 9.90 Å². The Hall–Kier alpha value is -1.55. The van der Waals surface area contributed by atoms with Crippen molar-refractivity contribution in [1.82, 2.24) is 5.32 Å². The minimum atomic E-state index is -0.524. The lowest BCUT2D eigenvalue weighted by Gasteiger charge is -2.23. The summed E-state index contributed by atoms with van der Waals surface area (Å²) in [6, 6.07) is 3.68. The molecular formula is C14H20N2O2. The average Bonchev–Trinajstić information content (AvgIpc) is 2.73. The van der Waals surface area contributed by atoms with Crippen LogP contribution >= 0.6 is 0 Å². The standard InChI is InChI=1S/C14H20N2O2/c1-9-7-10(2)12(17)11(8-9)16-13(18)14(3)5-4-6-15-14/h7-8,15,17H,4-6H2,1-3H3,(H,16,18). The fourth-order valence-electron chi connectivity index (χ4n) is 2.40. The van der Waals surface area contributed by atoms with E-state index in [-0.39, 0.29) is 11.7 Å². The minimum Gasteiger partial charge on any atom is -0.505 e. The summed E-state index contributed by atoms with van der Waals surface area (Å²) in [6.07, 6.45) is 1.83. The van der Waals surface area contributed by atoms with Crippen LogP contribution in [0.2, 0.25) is 0 Å². The second-order valence-corrected chi connectivity index (χ2v) is 5.29. The maximum Gasteiger partial charge on any atom is 0.244 e. The number of hydrogen-bond donors (Lipinski definition) is 3. The molecule has 1 heterocycles. The number of rotatable bonds is 2. The number of carbonyl (C=O) groups excluding carboxylic acids is 1. The van der Waals surface area contributed by atoms with Crippen LogP contribution in [0.25, 0.3) is 0 Å². The monoisotopic (exact) mass is 248 g/mol. The molecule has 4 nitrogen and oxygen atoms in total. The van der Waals surface area contributed by atoms with Gasteiger partial charge in [-0.1, -0.05) is 6.07 Å². The highest BCUT2D eigenvalue weighted by Gasteiger charge is 2.36. The lowest BCUT2D eigenvalue weighted by Crippen LogP contribution is -2.47. The molecule has 1 unspecified atom stereocenters. The Kier molecular flexibility index (Phi) is 3.30. The number of benzene rings is 1. The SMILES string of the molecule is Cc1cc(C)c(O)c(NC(=O)C2(C)CCCN2)c1. The number of nitrogens with one attached hydrogen (secondary N) is 2. The van der Waals surface area contributed by atoms with Crippen molar-refractivity contribution in [3.63, 3.8) is 0 Å². The van der Waals surface area contributed by atoms with Gasteiger partial charge >= 0.3 is 0 Å². The van der Waals surface area contributed by atoms with Crippen LogP contribution < -0.4 is 10.6 Å². The number of aryl methyl sites for hydroxylation is 2. The molecule has 1 atom stereocenters. The van der Waals surface area contributed by atoms with Crippen LogP contribution in [0.3, 0.4) is 0 Å².